The number of nitrogens with zero attached hydrogens (tertiary/aromatic N) is 2. The van der Waals surface area contributed by atoms with Crippen molar-refractivity contribution in [3.05, 3.63) is 29.8 Å². The number of nitrogens with one attached hydrogen (secondary N) is 1. The van der Waals surface area contributed by atoms with Crippen molar-refractivity contribution in [2.75, 3.05) is 39.8 Å². The Kier molecular flexibility index (Phi) is 7.23. The van der Waals surface area contributed by atoms with Gasteiger partial charge in [-0.15, -0.1) is 0 Å². The molecule has 6 heteroatoms. The van der Waals surface area contributed by atoms with Gasteiger partial charge in [-0.05, 0) is 26.8 Å². The first-order chi connectivity index (χ1) is 11.9. The average Bonchev–Trinajstić information content (AvgIpc) is 2.61. The molecule has 0 saturated carbocycles. The first-order valence-electron chi connectivity index (χ1n) is 9.00. The van der Waals surface area contributed by atoms with E-state index in [0.717, 1.165) is 37.5 Å². The van der Waals surface area contributed by atoms with Crippen molar-refractivity contribution in [2.45, 2.75) is 39.0 Å². The molecule has 0 aromatic heterocycles. The van der Waals surface area contributed by atoms with Crippen molar-refractivity contribution in [2.24, 2.45) is 0 Å². The summed E-state index contributed by atoms with van der Waals surface area (Å²) in [4.78, 5) is 17.1. The Morgan fingerprint density at radius 2 is 1.84 bits per heavy atom. The third-order valence-corrected chi connectivity index (χ3v) is 4.82. The SMILES string of the molecule is COc1ccccc1[C@H](C)NC(=O)[C@H](C)N1CCN(C[C@@H](C)O)CC1. The number of rotatable bonds is 7. The number of hydrogen-bond acceptors (Lipinski definition) is 5. The number of piperazine rings is 1. The number of para-hydroxylation sites is 1. The molecule has 1 aliphatic rings. The Morgan fingerprint density at radius 1 is 1.20 bits per heavy atom. The van der Waals surface area contributed by atoms with Gasteiger partial charge in [0.15, 0.2) is 0 Å². The average molecular weight is 349 g/mol. The lowest BCUT2D eigenvalue weighted by Crippen LogP contribution is -2.54. The molecule has 0 unspecified atom stereocenters. The fraction of sp³-hybridized carbons (Fsp3) is 0.632. The van der Waals surface area contributed by atoms with E-state index < -0.39 is 0 Å². The minimum Gasteiger partial charge on any atom is -0.496 e. The molecule has 2 rings (SSSR count). The van der Waals surface area contributed by atoms with Gasteiger partial charge >= 0.3 is 0 Å². The molecule has 1 fully saturated rings. The van der Waals surface area contributed by atoms with Gasteiger partial charge in [-0.2, -0.15) is 0 Å². The molecule has 25 heavy (non-hydrogen) atoms. The van der Waals surface area contributed by atoms with Gasteiger partial charge in [-0.1, -0.05) is 18.2 Å². The lowest BCUT2D eigenvalue weighted by molar-refractivity contribution is -0.127. The van der Waals surface area contributed by atoms with E-state index in [1.165, 1.54) is 0 Å². The maximum atomic E-state index is 12.6. The molecule has 1 aromatic rings. The van der Waals surface area contributed by atoms with E-state index in [-0.39, 0.29) is 24.1 Å². The van der Waals surface area contributed by atoms with Gasteiger partial charge in [-0.25, -0.2) is 0 Å². The van der Waals surface area contributed by atoms with Gasteiger partial charge in [0.1, 0.15) is 5.75 Å². The topological polar surface area (TPSA) is 65.0 Å². The number of hydrogen-bond donors (Lipinski definition) is 2. The van der Waals surface area contributed by atoms with E-state index in [9.17, 15) is 9.90 Å². The molecular weight excluding hydrogens is 318 g/mol. The smallest absolute Gasteiger partial charge is 0.237 e. The number of carbonyl (C=O) groups is 1. The summed E-state index contributed by atoms with van der Waals surface area (Å²) < 4.78 is 5.38. The van der Waals surface area contributed by atoms with Crippen LogP contribution in [0.25, 0.3) is 0 Å². The molecule has 140 valence electrons. The lowest BCUT2D eigenvalue weighted by Gasteiger charge is -2.38. The van der Waals surface area contributed by atoms with Crippen molar-refractivity contribution < 1.29 is 14.6 Å². The summed E-state index contributed by atoms with van der Waals surface area (Å²) in [6, 6.07) is 7.47. The third kappa shape index (κ3) is 5.42. The standard InChI is InChI=1S/C19H31N3O3/c1-14(23)13-21-9-11-22(12-10-21)16(3)19(24)20-15(2)17-7-5-6-8-18(17)25-4/h5-8,14-16,23H,9-13H2,1-4H3,(H,20,24)/t14-,15+,16+/m1/s1. The maximum absolute atomic E-state index is 12.6. The zero-order valence-electron chi connectivity index (χ0n) is 15.7. The number of aliphatic hydroxyl groups excluding tert-OH is 1. The normalized spacial score (nSPS) is 19.9. The Morgan fingerprint density at radius 3 is 2.44 bits per heavy atom. The van der Waals surface area contributed by atoms with Gasteiger partial charge in [0.25, 0.3) is 0 Å². The van der Waals surface area contributed by atoms with Crippen molar-refractivity contribution in [3.63, 3.8) is 0 Å². The number of methoxy groups -OCH3 is 1. The first-order valence-corrected chi connectivity index (χ1v) is 9.00. The minimum absolute atomic E-state index is 0.0300. The lowest BCUT2D eigenvalue weighted by atomic mass is 10.1. The van der Waals surface area contributed by atoms with E-state index in [1.807, 2.05) is 45.0 Å². The quantitative estimate of drug-likeness (QED) is 0.776. The van der Waals surface area contributed by atoms with E-state index in [1.54, 1.807) is 7.11 Å². The van der Waals surface area contributed by atoms with Gasteiger partial charge in [0.05, 0.1) is 25.3 Å². The van der Waals surface area contributed by atoms with Crippen LogP contribution >= 0.6 is 0 Å². The highest BCUT2D eigenvalue weighted by molar-refractivity contribution is 5.81. The third-order valence-electron chi connectivity index (χ3n) is 4.82. The zero-order chi connectivity index (χ0) is 18.4. The highest BCUT2D eigenvalue weighted by atomic mass is 16.5. The number of amides is 1. The van der Waals surface area contributed by atoms with Crippen LogP contribution in [0.15, 0.2) is 24.3 Å². The van der Waals surface area contributed by atoms with Gasteiger partial charge in [-0.3, -0.25) is 14.6 Å². The zero-order valence-corrected chi connectivity index (χ0v) is 15.7. The van der Waals surface area contributed by atoms with E-state index >= 15 is 0 Å². The number of benzene rings is 1. The Hall–Kier alpha value is -1.63. The predicted molar refractivity (Wildman–Crippen MR) is 98.7 cm³/mol. The second-order valence-electron chi connectivity index (χ2n) is 6.83. The molecular formula is C19H31N3O3. The van der Waals surface area contributed by atoms with Crippen molar-refractivity contribution >= 4 is 5.91 Å². The molecule has 6 nitrogen and oxygen atoms in total. The van der Waals surface area contributed by atoms with Crippen LogP contribution in [0.5, 0.6) is 5.75 Å². The molecule has 0 radical (unpaired) electrons. The summed E-state index contributed by atoms with van der Waals surface area (Å²) in [5.74, 6) is 0.817. The highest BCUT2D eigenvalue weighted by Crippen LogP contribution is 2.24. The van der Waals surface area contributed by atoms with Crippen LogP contribution in [0.4, 0.5) is 0 Å². The monoisotopic (exact) mass is 349 g/mol. The van der Waals surface area contributed by atoms with Crippen LogP contribution in [-0.4, -0.2) is 72.8 Å². The predicted octanol–water partition coefficient (Wildman–Crippen LogP) is 1.26. The minimum atomic E-state index is -0.311. The van der Waals surface area contributed by atoms with Crippen molar-refractivity contribution in [3.8, 4) is 5.75 Å². The molecule has 0 aliphatic carbocycles. The molecule has 1 amide bonds. The summed E-state index contributed by atoms with van der Waals surface area (Å²) >= 11 is 0. The van der Waals surface area contributed by atoms with Crippen LogP contribution in [0.1, 0.15) is 32.4 Å². The number of ether oxygens (including phenoxy) is 1. The Bertz CT molecular complexity index is 557. The number of carbonyl (C=O) groups excluding carboxylic acids is 1. The second-order valence-corrected chi connectivity index (χ2v) is 6.83. The molecule has 3 atom stereocenters. The largest absolute Gasteiger partial charge is 0.496 e. The summed E-state index contributed by atoms with van der Waals surface area (Å²) in [6.45, 7) is 9.86. The molecule has 1 heterocycles. The molecule has 0 spiro atoms. The maximum Gasteiger partial charge on any atom is 0.237 e. The van der Waals surface area contributed by atoms with Gasteiger partial charge in [0, 0.05) is 38.3 Å². The van der Waals surface area contributed by atoms with Crippen LogP contribution in [0, 0.1) is 0 Å². The summed E-state index contributed by atoms with van der Waals surface area (Å²) in [7, 11) is 1.64. The highest BCUT2D eigenvalue weighted by Gasteiger charge is 2.27. The molecule has 0 bridgehead atoms. The van der Waals surface area contributed by atoms with E-state index in [2.05, 4.69) is 15.1 Å². The summed E-state index contributed by atoms with van der Waals surface area (Å²) in [6.07, 6.45) is -0.311. The van der Waals surface area contributed by atoms with E-state index in [0.29, 0.717) is 6.54 Å². The Labute approximate surface area is 150 Å². The molecule has 1 saturated heterocycles. The van der Waals surface area contributed by atoms with Crippen LogP contribution < -0.4 is 10.1 Å². The van der Waals surface area contributed by atoms with Crippen LogP contribution in [-0.2, 0) is 4.79 Å². The molecule has 1 aromatic carbocycles. The van der Waals surface area contributed by atoms with Gasteiger partial charge in [0.2, 0.25) is 5.91 Å². The van der Waals surface area contributed by atoms with Crippen LogP contribution in [0.3, 0.4) is 0 Å². The summed E-state index contributed by atoms with van der Waals surface area (Å²) in [5, 5.41) is 12.6. The molecule has 1 aliphatic heterocycles. The van der Waals surface area contributed by atoms with Crippen molar-refractivity contribution in [1.29, 1.82) is 0 Å². The molecule has 2 N–H and O–H groups in total. The fourth-order valence-corrected chi connectivity index (χ4v) is 3.31. The van der Waals surface area contributed by atoms with Gasteiger partial charge < -0.3 is 15.2 Å². The first kappa shape index (κ1) is 19.7. The summed E-state index contributed by atoms with van der Waals surface area (Å²) in [5.41, 5.74) is 0.979. The van der Waals surface area contributed by atoms with Crippen molar-refractivity contribution in [1.82, 2.24) is 15.1 Å². The van der Waals surface area contributed by atoms with Crippen LogP contribution in [0.2, 0.25) is 0 Å². The fourth-order valence-electron chi connectivity index (χ4n) is 3.31. The Balaban J connectivity index is 1.88. The number of β-amino-alcohol motifs (C(OH)–C–C–N with tert-alkyl or cyclic N) is 1. The second kappa shape index (κ2) is 9.17. The van der Waals surface area contributed by atoms with E-state index in [4.69, 9.17) is 4.74 Å². The number of aliphatic hydroxyl groups is 1.